The van der Waals surface area contributed by atoms with Crippen LogP contribution in [0.4, 0.5) is 11.4 Å². The molecule has 3 N–H and O–H groups in total. The Morgan fingerprint density at radius 1 is 1.42 bits per heavy atom. The first-order chi connectivity index (χ1) is 9.15. The van der Waals surface area contributed by atoms with Gasteiger partial charge in [0.2, 0.25) is 0 Å². The van der Waals surface area contributed by atoms with E-state index in [0.717, 1.165) is 23.2 Å². The second-order valence-corrected chi connectivity index (χ2v) is 6.70. The van der Waals surface area contributed by atoms with E-state index in [2.05, 4.69) is 17.1 Å². The summed E-state index contributed by atoms with van der Waals surface area (Å²) in [6.07, 6.45) is 4.20. The van der Waals surface area contributed by atoms with Crippen LogP contribution in [0.5, 0.6) is 5.75 Å². The summed E-state index contributed by atoms with van der Waals surface area (Å²) in [5.74, 6) is 2.08. The second kappa shape index (κ2) is 6.94. The zero-order valence-electron chi connectivity index (χ0n) is 11.8. The van der Waals surface area contributed by atoms with Crippen molar-refractivity contribution in [2.45, 2.75) is 44.5 Å². The highest BCUT2D eigenvalue weighted by atomic mass is 32.2. The molecule has 1 saturated heterocycles. The molecule has 1 fully saturated rings. The Labute approximate surface area is 120 Å². The fourth-order valence-electron chi connectivity index (χ4n) is 2.20. The summed E-state index contributed by atoms with van der Waals surface area (Å²) < 4.78 is 5.71. The van der Waals surface area contributed by atoms with Gasteiger partial charge in [-0.3, -0.25) is 0 Å². The van der Waals surface area contributed by atoms with E-state index in [1.807, 2.05) is 32.0 Å². The van der Waals surface area contributed by atoms with Crippen molar-refractivity contribution >= 4 is 23.1 Å². The van der Waals surface area contributed by atoms with Crippen LogP contribution in [0.1, 0.15) is 33.1 Å². The Hall–Kier alpha value is -1.03. The van der Waals surface area contributed by atoms with Gasteiger partial charge < -0.3 is 15.8 Å². The van der Waals surface area contributed by atoms with E-state index < -0.39 is 0 Å². The van der Waals surface area contributed by atoms with E-state index >= 15 is 0 Å². The first kappa shape index (κ1) is 14.4. The lowest BCUT2D eigenvalue weighted by atomic mass is 10.2. The van der Waals surface area contributed by atoms with Gasteiger partial charge in [-0.15, -0.1) is 0 Å². The van der Waals surface area contributed by atoms with Crippen LogP contribution in [-0.2, 0) is 0 Å². The van der Waals surface area contributed by atoms with E-state index in [4.69, 9.17) is 10.5 Å². The Morgan fingerprint density at radius 2 is 2.26 bits per heavy atom. The Morgan fingerprint density at radius 3 is 2.95 bits per heavy atom. The molecule has 4 heteroatoms. The quantitative estimate of drug-likeness (QED) is 0.806. The summed E-state index contributed by atoms with van der Waals surface area (Å²) >= 11 is 2.08. The third-order valence-electron chi connectivity index (χ3n) is 3.18. The molecular weight excluding hydrogens is 256 g/mol. The molecule has 1 aliphatic heterocycles. The summed E-state index contributed by atoms with van der Waals surface area (Å²) in [6.45, 7) is 5.05. The molecule has 0 radical (unpaired) electrons. The van der Waals surface area contributed by atoms with Crippen molar-refractivity contribution in [3.05, 3.63) is 18.2 Å². The largest absolute Gasteiger partial charge is 0.489 e. The van der Waals surface area contributed by atoms with Crippen LogP contribution in [0.15, 0.2) is 18.2 Å². The summed E-state index contributed by atoms with van der Waals surface area (Å²) in [4.78, 5) is 0. The van der Waals surface area contributed by atoms with E-state index in [1.165, 1.54) is 25.0 Å². The zero-order valence-corrected chi connectivity index (χ0v) is 12.6. The third-order valence-corrected chi connectivity index (χ3v) is 4.58. The third kappa shape index (κ3) is 4.53. The molecule has 1 aromatic rings. The standard InChI is InChI=1S/C15H24N2OS/c1-11(2)18-15-9-12(6-7-14(15)16)17-10-13-5-3-4-8-19-13/h6-7,9,11,13,17H,3-5,8,10,16H2,1-2H3. The minimum Gasteiger partial charge on any atom is -0.489 e. The lowest BCUT2D eigenvalue weighted by Gasteiger charge is -2.22. The van der Waals surface area contributed by atoms with Crippen molar-refractivity contribution < 1.29 is 4.74 Å². The number of ether oxygens (including phenoxy) is 1. The molecule has 0 amide bonds. The highest BCUT2D eigenvalue weighted by molar-refractivity contribution is 7.99. The van der Waals surface area contributed by atoms with E-state index in [9.17, 15) is 0 Å². The summed E-state index contributed by atoms with van der Waals surface area (Å²) in [5.41, 5.74) is 7.71. The number of nitrogens with two attached hydrogens (primary N) is 1. The summed E-state index contributed by atoms with van der Waals surface area (Å²) in [7, 11) is 0. The number of nitrogens with one attached hydrogen (secondary N) is 1. The molecule has 0 aromatic heterocycles. The van der Waals surface area contributed by atoms with Crippen LogP contribution in [0.3, 0.4) is 0 Å². The fourth-order valence-corrected chi connectivity index (χ4v) is 3.44. The average molecular weight is 280 g/mol. The first-order valence-corrected chi connectivity index (χ1v) is 8.11. The molecular formula is C15H24N2OS. The Balaban J connectivity index is 1.92. The van der Waals surface area contributed by atoms with Gasteiger partial charge in [0.05, 0.1) is 11.8 Å². The topological polar surface area (TPSA) is 47.3 Å². The molecule has 1 atom stereocenters. The molecule has 1 aromatic carbocycles. The minimum absolute atomic E-state index is 0.145. The second-order valence-electron chi connectivity index (χ2n) is 5.29. The van der Waals surface area contributed by atoms with Crippen molar-refractivity contribution in [1.82, 2.24) is 0 Å². The highest BCUT2D eigenvalue weighted by Crippen LogP contribution is 2.28. The van der Waals surface area contributed by atoms with Gasteiger partial charge in [-0.05, 0) is 44.6 Å². The van der Waals surface area contributed by atoms with Crippen LogP contribution in [0, 0.1) is 0 Å². The smallest absolute Gasteiger partial charge is 0.144 e. The Bertz CT molecular complexity index is 403. The van der Waals surface area contributed by atoms with Crippen molar-refractivity contribution in [1.29, 1.82) is 0 Å². The molecule has 19 heavy (non-hydrogen) atoms. The normalized spacial score (nSPS) is 19.4. The number of hydrogen-bond donors (Lipinski definition) is 2. The number of nitrogen functional groups attached to an aromatic ring is 1. The van der Waals surface area contributed by atoms with Crippen LogP contribution >= 0.6 is 11.8 Å². The maximum atomic E-state index is 5.92. The van der Waals surface area contributed by atoms with Crippen molar-refractivity contribution in [2.24, 2.45) is 0 Å². The maximum Gasteiger partial charge on any atom is 0.144 e. The van der Waals surface area contributed by atoms with Gasteiger partial charge in [0.15, 0.2) is 0 Å². The lowest BCUT2D eigenvalue weighted by molar-refractivity contribution is 0.244. The van der Waals surface area contributed by atoms with Gasteiger partial charge in [-0.1, -0.05) is 6.42 Å². The zero-order chi connectivity index (χ0) is 13.7. The minimum atomic E-state index is 0.145. The van der Waals surface area contributed by atoms with Crippen LogP contribution in [0.25, 0.3) is 0 Å². The van der Waals surface area contributed by atoms with Crippen molar-refractivity contribution in [3.63, 3.8) is 0 Å². The molecule has 1 unspecified atom stereocenters. The van der Waals surface area contributed by atoms with E-state index in [0.29, 0.717) is 5.69 Å². The van der Waals surface area contributed by atoms with Gasteiger partial charge in [-0.2, -0.15) is 11.8 Å². The fraction of sp³-hybridized carbons (Fsp3) is 0.600. The van der Waals surface area contributed by atoms with Gasteiger partial charge in [0.1, 0.15) is 5.75 Å². The van der Waals surface area contributed by atoms with Crippen molar-refractivity contribution in [2.75, 3.05) is 23.3 Å². The van der Waals surface area contributed by atoms with Crippen LogP contribution in [0.2, 0.25) is 0 Å². The van der Waals surface area contributed by atoms with Gasteiger partial charge in [-0.25, -0.2) is 0 Å². The number of benzene rings is 1. The first-order valence-electron chi connectivity index (χ1n) is 7.07. The monoisotopic (exact) mass is 280 g/mol. The maximum absolute atomic E-state index is 5.92. The van der Waals surface area contributed by atoms with Gasteiger partial charge in [0.25, 0.3) is 0 Å². The molecule has 0 spiro atoms. The van der Waals surface area contributed by atoms with E-state index in [1.54, 1.807) is 0 Å². The molecule has 3 nitrogen and oxygen atoms in total. The molecule has 2 rings (SSSR count). The van der Waals surface area contributed by atoms with E-state index in [-0.39, 0.29) is 6.10 Å². The molecule has 0 aliphatic carbocycles. The molecule has 1 heterocycles. The van der Waals surface area contributed by atoms with Gasteiger partial charge >= 0.3 is 0 Å². The van der Waals surface area contributed by atoms with Crippen LogP contribution < -0.4 is 15.8 Å². The molecule has 0 saturated carbocycles. The molecule has 1 aliphatic rings. The number of anilines is 2. The summed E-state index contributed by atoms with van der Waals surface area (Å²) in [5, 5.41) is 4.24. The molecule has 0 bridgehead atoms. The average Bonchev–Trinajstić information content (AvgIpc) is 2.40. The predicted octanol–water partition coefficient (Wildman–Crippen LogP) is 3.75. The Kier molecular flexibility index (Phi) is 5.25. The summed E-state index contributed by atoms with van der Waals surface area (Å²) in [6, 6.07) is 5.94. The predicted molar refractivity (Wildman–Crippen MR) is 85.2 cm³/mol. The number of rotatable bonds is 5. The van der Waals surface area contributed by atoms with Crippen LogP contribution in [-0.4, -0.2) is 23.7 Å². The number of hydrogen-bond acceptors (Lipinski definition) is 4. The SMILES string of the molecule is CC(C)Oc1cc(NCC2CCCCS2)ccc1N. The lowest BCUT2D eigenvalue weighted by Crippen LogP contribution is -2.20. The van der Waals surface area contributed by atoms with Gasteiger partial charge in [0, 0.05) is 23.5 Å². The van der Waals surface area contributed by atoms with Crippen molar-refractivity contribution in [3.8, 4) is 5.75 Å². The molecule has 106 valence electrons. The highest BCUT2D eigenvalue weighted by Gasteiger charge is 2.13. The number of thioether (sulfide) groups is 1.